The largest absolute Gasteiger partial charge is 0.493 e. The molecule has 0 spiro atoms. The first-order valence-electron chi connectivity index (χ1n) is 5.80. The molecular weight excluding hydrogens is 216 g/mol. The van der Waals surface area contributed by atoms with Crippen molar-refractivity contribution in [2.24, 2.45) is 0 Å². The molecule has 0 aliphatic carbocycles. The molecule has 0 amide bonds. The van der Waals surface area contributed by atoms with Crippen molar-refractivity contribution in [3.8, 4) is 5.75 Å². The van der Waals surface area contributed by atoms with Crippen LogP contribution in [-0.4, -0.2) is 26.8 Å². The average molecular weight is 230 g/mol. The van der Waals surface area contributed by atoms with E-state index in [0.717, 1.165) is 37.6 Å². The van der Waals surface area contributed by atoms with Gasteiger partial charge in [-0.05, 0) is 41.0 Å². The van der Waals surface area contributed by atoms with Crippen LogP contribution in [-0.2, 0) is 19.4 Å². The number of rotatable bonds is 3. The van der Waals surface area contributed by atoms with Gasteiger partial charge in [-0.2, -0.15) is 0 Å². The zero-order chi connectivity index (χ0) is 11.7. The smallest absolute Gasteiger partial charge is 0.148 e. The normalized spacial score (nSPS) is 13.5. The van der Waals surface area contributed by atoms with Crippen LogP contribution in [0.2, 0.25) is 0 Å². The lowest BCUT2D eigenvalue weighted by atomic mass is 10.1. The second-order valence-electron chi connectivity index (χ2n) is 4.24. The van der Waals surface area contributed by atoms with Crippen LogP contribution in [0.25, 0.3) is 0 Å². The van der Waals surface area contributed by atoms with Gasteiger partial charge in [-0.1, -0.05) is 12.1 Å². The molecule has 1 aliphatic heterocycles. The van der Waals surface area contributed by atoms with Crippen LogP contribution in [0.15, 0.2) is 18.2 Å². The molecule has 1 aromatic heterocycles. The summed E-state index contributed by atoms with van der Waals surface area (Å²) in [6.07, 6.45) is 1.96. The third-order valence-electron chi connectivity index (χ3n) is 3.08. The number of aromatic nitrogens is 4. The van der Waals surface area contributed by atoms with E-state index in [4.69, 9.17) is 4.74 Å². The third-order valence-corrected chi connectivity index (χ3v) is 3.08. The first-order valence-corrected chi connectivity index (χ1v) is 5.80. The summed E-state index contributed by atoms with van der Waals surface area (Å²) in [5.41, 5.74) is 2.63. The Kier molecular flexibility index (Phi) is 2.51. The van der Waals surface area contributed by atoms with Crippen LogP contribution in [0, 0.1) is 6.92 Å². The van der Waals surface area contributed by atoms with E-state index in [1.54, 1.807) is 0 Å². The molecule has 5 heteroatoms. The predicted octanol–water partition coefficient (Wildman–Crippen LogP) is 1.16. The molecule has 2 heterocycles. The molecule has 1 aromatic carbocycles. The van der Waals surface area contributed by atoms with Gasteiger partial charge in [0.1, 0.15) is 11.6 Å². The van der Waals surface area contributed by atoms with Crippen molar-refractivity contribution >= 4 is 0 Å². The zero-order valence-corrected chi connectivity index (χ0v) is 9.76. The Labute approximate surface area is 99.4 Å². The van der Waals surface area contributed by atoms with Crippen molar-refractivity contribution in [3.63, 3.8) is 0 Å². The molecule has 0 atom stereocenters. The molecule has 0 saturated heterocycles. The van der Waals surface area contributed by atoms with Crippen LogP contribution < -0.4 is 4.74 Å². The van der Waals surface area contributed by atoms with Crippen LogP contribution in [0.1, 0.15) is 17.0 Å². The minimum Gasteiger partial charge on any atom is -0.493 e. The van der Waals surface area contributed by atoms with Crippen molar-refractivity contribution in [2.45, 2.75) is 26.3 Å². The van der Waals surface area contributed by atoms with Crippen LogP contribution in [0.3, 0.4) is 0 Å². The third kappa shape index (κ3) is 2.00. The number of tetrazole rings is 1. The van der Waals surface area contributed by atoms with Gasteiger partial charge in [0.15, 0.2) is 0 Å². The lowest BCUT2D eigenvalue weighted by molar-refractivity contribution is 0.357. The summed E-state index contributed by atoms with van der Waals surface area (Å²) in [6.45, 7) is 3.54. The van der Waals surface area contributed by atoms with E-state index in [9.17, 15) is 0 Å². The van der Waals surface area contributed by atoms with Gasteiger partial charge in [0, 0.05) is 13.0 Å². The SMILES string of the molecule is Cc1nnnn1CCc1ccc2c(c1)CCO2. The topological polar surface area (TPSA) is 52.8 Å². The maximum absolute atomic E-state index is 5.49. The van der Waals surface area contributed by atoms with Crippen molar-refractivity contribution in [1.82, 2.24) is 20.2 Å². The highest BCUT2D eigenvalue weighted by atomic mass is 16.5. The summed E-state index contributed by atoms with van der Waals surface area (Å²) in [7, 11) is 0. The number of hydrogen-bond acceptors (Lipinski definition) is 4. The number of aryl methyl sites for hydroxylation is 3. The van der Waals surface area contributed by atoms with Gasteiger partial charge in [0.2, 0.25) is 0 Å². The van der Waals surface area contributed by atoms with E-state index in [1.807, 2.05) is 11.6 Å². The molecule has 2 aromatic rings. The summed E-state index contributed by atoms with van der Waals surface area (Å²) in [4.78, 5) is 0. The summed E-state index contributed by atoms with van der Waals surface area (Å²) < 4.78 is 7.31. The Morgan fingerprint density at radius 3 is 3.18 bits per heavy atom. The highest BCUT2D eigenvalue weighted by Gasteiger charge is 2.12. The molecular formula is C12H14N4O. The van der Waals surface area contributed by atoms with E-state index in [2.05, 4.69) is 33.7 Å². The van der Waals surface area contributed by atoms with Gasteiger partial charge >= 0.3 is 0 Å². The van der Waals surface area contributed by atoms with Crippen molar-refractivity contribution in [3.05, 3.63) is 35.2 Å². The Morgan fingerprint density at radius 1 is 1.41 bits per heavy atom. The quantitative estimate of drug-likeness (QED) is 0.794. The lowest BCUT2D eigenvalue weighted by Gasteiger charge is -2.04. The van der Waals surface area contributed by atoms with Crippen molar-refractivity contribution in [1.29, 1.82) is 0 Å². The highest BCUT2D eigenvalue weighted by molar-refractivity contribution is 5.39. The van der Waals surface area contributed by atoms with Gasteiger partial charge in [-0.15, -0.1) is 5.10 Å². The maximum Gasteiger partial charge on any atom is 0.148 e. The molecule has 88 valence electrons. The Morgan fingerprint density at radius 2 is 2.35 bits per heavy atom. The number of benzene rings is 1. The van der Waals surface area contributed by atoms with E-state index in [1.165, 1.54) is 11.1 Å². The van der Waals surface area contributed by atoms with Gasteiger partial charge in [-0.25, -0.2) is 4.68 Å². The Bertz CT molecular complexity index is 535. The second kappa shape index (κ2) is 4.16. The van der Waals surface area contributed by atoms with Gasteiger partial charge in [0.05, 0.1) is 6.61 Å². The van der Waals surface area contributed by atoms with E-state index in [0.29, 0.717) is 0 Å². The Balaban J connectivity index is 1.72. The average Bonchev–Trinajstić information content (AvgIpc) is 2.94. The first kappa shape index (κ1) is 10.3. The predicted molar refractivity (Wildman–Crippen MR) is 61.9 cm³/mol. The molecule has 0 N–H and O–H groups in total. The minimum absolute atomic E-state index is 0.810. The second-order valence-corrected chi connectivity index (χ2v) is 4.24. The minimum atomic E-state index is 0.810. The van der Waals surface area contributed by atoms with Gasteiger partial charge in [-0.3, -0.25) is 0 Å². The van der Waals surface area contributed by atoms with E-state index >= 15 is 0 Å². The summed E-state index contributed by atoms with van der Waals surface area (Å²) in [5.74, 6) is 1.89. The lowest BCUT2D eigenvalue weighted by Crippen LogP contribution is -2.05. The van der Waals surface area contributed by atoms with Crippen LogP contribution >= 0.6 is 0 Å². The highest BCUT2D eigenvalue weighted by Crippen LogP contribution is 2.26. The molecule has 0 unspecified atom stereocenters. The van der Waals surface area contributed by atoms with Gasteiger partial charge in [0.25, 0.3) is 0 Å². The molecule has 5 nitrogen and oxygen atoms in total. The fourth-order valence-electron chi connectivity index (χ4n) is 2.09. The van der Waals surface area contributed by atoms with E-state index in [-0.39, 0.29) is 0 Å². The Hall–Kier alpha value is -1.91. The molecule has 0 bridgehead atoms. The molecule has 1 aliphatic rings. The summed E-state index contributed by atoms with van der Waals surface area (Å²) in [6, 6.07) is 6.40. The number of hydrogen-bond donors (Lipinski definition) is 0. The molecule has 0 radical (unpaired) electrons. The summed E-state index contributed by atoms with van der Waals surface area (Å²) >= 11 is 0. The standard InChI is InChI=1S/C12H14N4O/c1-9-13-14-15-16(9)6-4-10-2-3-12-11(8-10)5-7-17-12/h2-3,8H,4-7H2,1H3. The van der Waals surface area contributed by atoms with Crippen LogP contribution in [0.4, 0.5) is 0 Å². The van der Waals surface area contributed by atoms with Crippen molar-refractivity contribution < 1.29 is 4.74 Å². The molecule has 0 fully saturated rings. The number of nitrogens with zero attached hydrogens (tertiary/aromatic N) is 4. The fourth-order valence-corrected chi connectivity index (χ4v) is 2.09. The van der Waals surface area contributed by atoms with Crippen LogP contribution in [0.5, 0.6) is 5.75 Å². The van der Waals surface area contributed by atoms with Crippen molar-refractivity contribution in [2.75, 3.05) is 6.61 Å². The fraction of sp³-hybridized carbons (Fsp3) is 0.417. The zero-order valence-electron chi connectivity index (χ0n) is 9.76. The molecule has 0 saturated carbocycles. The molecule has 17 heavy (non-hydrogen) atoms. The number of fused-ring (bicyclic) bond motifs is 1. The maximum atomic E-state index is 5.49. The number of ether oxygens (including phenoxy) is 1. The monoisotopic (exact) mass is 230 g/mol. The first-order chi connectivity index (χ1) is 8.33. The molecule has 3 rings (SSSR count). The summed E-state index contributed by atoms with van der Waals surface area (Å²) in [5, 5.41) is 11.4. The van der Waals surface area contributed by atoms with Gasteiger partial charge < -0.3 is 4.74 Å². The van der Waals surface area contributed by atoms with E-state index < -0.39 is 0 Å².